The van der Waals surface area contributed by atoms with E-state index in [1.807, 2.05) is 36.4 Å². The summed E-state index contributed by atoms with van der Waals surface area (Å²) in [5.41, 5.74) is 3.58. The van der Waals surface area contributed by atoms with Gasteiger partial charge in [-0.1, -0.05) is 36.4 Å². The standard InChI is InChI=1S/C27H24BrN5O4S/c1-37-20-9-11-21(12-10-20)38(35,36)31-16-19-6-4-5-18(13-19)15-29-26-14-24(22-7-2-3-8-25(22)34)32-27-23(28)17-30-33(26)27/h2-14,17,29,31,34H,15-16H2,1H3. The number of fused-ring (bicyclic) bond motifs is 1. The number of aromatic nitrogens is 3. The zero-order valence-corrected chi connectivity index (χ0v) is 22.7. The number of rotatable bonds is 9. The summed E-state index contributed by atoms with van der Waals surface area (Å²) in [6.45, 7) is 0.598. The molecule has 5 rings (SSSR count). The SMILES string of the molecule is COc1ccc(S(=O)(=O)NCc2cccc(CNc3cc(-c4ccccc4O)nc4c(Br)cnn34)c2)cc1. The average molecular weight is 594 g/mol. The molecule has 0 saturated carbocycles. The minimum atomic E-state index is -3.67. The predicted octanol–water partition coefficient (Wildman–Crippen LogP) is 4.96. The van der Waals surface area contributed by atoms with Crippen molar-refractivity contribution in [2.45, 2.75) is 18.0 Å². The molecule has 11 heteroatoms. The fourth-order valence-electron chi connectivity index (χ4n) is 3.95. The van der Waals surface area contributed by atoms with E-state index in [9.17, 15) is 13.5 Å². The van der Waals surface area contributed by atoms with Crippen molar-refractivity contribution in [3.05, 3.63) is 101 Å². The first kappa shape index (κ1) is 25.7. The van der Waals surface area contributed by atoms with Crippen LogP contribution in [0.25, 0.3) is 16.9 Å². The number of halogens is 1. The molecular weight excluding hydrogens is 570 g/mol. The molecule has 9 nitrogen and oxygen atoms in total. The summed E-state index contributed by atoms with van der Waals surface area (Å²) in [4.78, 5) is 4.83. The molecule has 194 valence electrons. The van der Waals surface area contributed by atoms with Crippen molar-refractivity contribution in [3.8, 4) is 22.8 Å². The fraction of sp³-hybridized carbons (Fsp3) is 0.111. The zero-order chi connectivity index (χ0) is 26.7. The summed E-state index contributed by atoms with van der Waals surface area (Å²) < 4.78 is 35.5. The van der Waals surface area contributed by atoms with E-state index < -0.39 is 10.0 Å². The van der Waals surface area contributed by atoms with E-state index in [4.69, 9.17) is 4.74 Å². The van der Waals surface area contributed by atoms with Crippen LogP contribution >= 0.6 is 15.9 Å². The third-order valence-electron chi connectivity index (χ3n) is 5.91. The van der Waals surface area contributed by atoms with Crippen molar-refractivity contribution < 1.29 is 18.3 Å². The van der Waals surface area contributed by atoms with E-state index in [1.165, 1.54) is 19.2 Å². The first-order valence-electron chi connectivity index (χ1n) is 11.6. The monoisotopic (exact) mass is 593 g/mol. The number of methoxy groups -OCH3 is 1. The second-order valence-corrected chi connectivity index (χ2v) is 11.1. The molecule has 5 aromatic rings. The zero-order valence-electron chi connectivity index (χ0n) is 20.3. The number of benzene rings is 3. The van der Waals surface area contributed by atoms with E-state index in [-0.39, 0.29) is 17.2 Å². The van der Waals surface area contributed by atoms with Crippen LogP contribution in [0, 0.1) is 0 Å². The van der Waals surface area contributed by atoms with E-state index >= 15 is 0 Å². The molecule has 38 heavy (non-hydrogen) atoms. The Bertz CT molecular complexity index is 1700. The maximum absolute atomic E-state index is 12.7. The molecule has 0 aliphatic heterocycles. The normalized spacial score (nSPS) is 11.5. The molecule has 0 atom stereocenters. The van der Waals surface area contributed by atoms with Crippen LogP contribution in [-0.4, -0.2) is 35.2 Å². The quantitative estimate of drug-likeness (QED) is 0.221. The number of hydrogen-bond donors (Lipinski definition) is 3. The number of sulfonamides is 1. The molecule has 0 aliphatic carbocycles. The lowest BCUT2D eigenvalue weighted by molar-refractivity contribution is 0.414. The van der Waals surface area contributed by atoms with Crippen LogP contribution in [0.4, 0.5) is 5.82 Å². The van der Waals surface area contributed by atoms with Crippen molar-refractivity contribution in [1.82, 2.24) is 19.3 Å². The van der Waals surface area contributed by atoms with Gasteiger partial charge in [0.1, 0.15) is 17.3 Å². The lowest BCUT2D eigenvalue weighted by Gasteiger charge is -2.13. The molecule has 0 saturated heterocycles. The van der Waals surface area contributed by atoms with Crippen LogP contribution in [0.5, 0.6) is 11.5 Å². The minimum Gasteiger partial charge on any atom is -0.507 e. The number of ether oxygens (including phenoxy) is 1. The van der Waals surface area contributed by atoms with Gasteiger partial charge < -0.3 is 15.2 Å². The number of nitrogens with zero attached hydrogens (tertiary/aromatic N) is 3. The Kier molecular flexibility index (Phi) is 7.32. The van der Waals surface area contributed by atoms with Crippen molar-refractivity contribution in [2.24, 2.45) is 0 Å². The van der Waals surface area contributed by atoms with Gasteiger partial charge in [-0.05, 0) is 63.5 Å². The molecule has 0 spiro atoms. The highest BCUT2D eigenvalue weighted by Crippen LogP contribution is 2.31. The van der Waals surface area contributed by atoms with Gasteiger partial charge in [0, 0.05) is 24.7 Å². The number of hydrogen-bond acceptors (Lipinski definition) is 7. The third kappa shape index (κ3) is 5.49. The Hall–Kier alpha value is -3.93. The molecule has 0 aliphatic rings. The van der Waals surface area contributed by atoms with Gasteiger partial charge in [0.05, 0.1) is 28.4 Å². The van der Waals surface area contributed by atoms with Gasteiger partial charge >= 0.3 is 0 Å². The molecule has 0 amide bonds. The number of phenols is 1. The minimum absolute atomic E-state index is 0.135. The van der Waals surface area contributed by atoms with Crippen molar-refractivity contribution >= 4 is 37.4 Å². The Morgan fingerprint density at radius 1 is 0.974 bits per heavy atom. The Balaban J connectivity index is 1.33. The van der Waals surface area contributed by atoms with Crippen molar-refractivity contribution in [1.29, 1.82) is 0 Å². The van der Waals surface area contributed by atoms with Crippen molar-refractivity contribution in [2.75, 3.05) is 12.4 Å². The van der Waals surface area contributed by atoms with Gasteiger partial charge in [0.15, 0.2) is 5.65 Å². The van der Waals surface area contributed by atoms with Crippen LogP contribution in [0.15, 0.2) is 94.4 Å². The molecule has 2 heterocycles. The first-order chi connectivity index (χ1) is 18.3. The number of anilines is 1. The van der Waals surface area contributed by atoms with Gasteiger partial charge in [0.25, 0.3) is 0 Å². The number of phenolic OH excluding ortho intramolecular Hbond substituents is 1. The first-order valence-corrected chi connectivity index (χ1v) is 13.9. The van der Waals surface area contributed by atoms with Gasteiger partial charge in [-0.15, -0.1) is 0 Å². The molecule has 0 fully saturated rings. The second kappa shape index (κ2) is 10.8. The maximum Gasteiger partial charge on any atom is 0.240 e. The highest BCUT2D eigenvalue weighted by Gasteiger charge is 2.15. The van der Waals surface area contributed by atoms with Crippen LogP contribution < -0.4 is 14.8 Å². The fourth-order valence-corrected chi connectivity index (χ4v) is 5.31. The Morgan fingerprint density at radius 3 is 2.45 bits per heavy atom. The summed E-state index contributed by atoms with van der Waals surface area (Å²) in [5.74, 6) is 1.41. The smallest absolute Gasteiger partial charge is 0.240 e. The van der Waals surface area contributed by atoms with Gasteiger partial charge in [0.2, 0.25) is 10.0 Å². The van der Waals surface area contributed by atoms with Crippen LogP contribution in [-0.2, 0) is 23.1 Å². The lowest BCUT2D eigenvalue weighted by atomic mass is 10.1. The highest BCUT2D eigenvalue weighted by molar-refractivity contribution is 9.10. The average Bonchev–Trinajstić information content (AvgIpc) is 3.31. The van der Waals surface area contributed by atoms with Crippen LogP contribution in [0.1, 0.15) is 11.1 Å². The Labute approximate surface area is 228 Å². The molecule has 0 radical (unpaired) electrons. The van der Waals surface area contributed by atoms with Crippen molar-refractivity contribution in [3.63, 3.8) is 0 Å². The van der Waals surface area contributed by atoms with E-state index in [0.717, 1.165) is 15.6 Å². The van der Waals surface area contributed by atoms with Gasteiger partial charge in [-0.25, -0.2) is 18.1 Å². The van der Waals surface area contributed by atoms with Gasteiger partial charge in [-0.2, -0.15) is 9.61 Å². The molecule has 2 aromatic heterocycles. The summed E-state index contributed by atoms with van der Waals surface area (Å²) in [5, 5.41) is 18.1. The number of aromatic hydroxyl groups is 1. The summed E-state index contributed by atoms with van der Waals surface area (Å²) in [6.07, 6.45) is 1.66. The van der Waals surface area contributed by atoms with Gasteiger partial charge in [-0.3, -0.25) is 0 Å². The summed E-state index contributed by atoms with van der Waals surface area (Å²) in [7, 11) is -2.14. The molecule has 0 bridgehead atoms. The number of para-hydroxylation sites is 1. The predicted molar refractivity (Wildman–Crippen MR) is 149 cm³/mol. The summed E-state index contributed by atoms with van der Waals surface area (Å²) >= 11 is 3.49. The Morgan fingerprint density at radius 2 is 1.71 bits per heavy atom. The van der Waals surface area contributed by atoms with E-state index in [0.29, 0.717) is 35.0 Å². The largest absolute Gasteiger partial charge is 0.507 e. The number of nitrogens with one attached hydrogen (secondary N) is 2. The third-order valence-corrected chi connectivity index (χ3v) is 7.89. The highest BCUT2D eigenvalue weighted by atomic mass is 79.9. The van der Waals surface area contributed by atoms with Crippen LogP contribution in [0.2, 0.25) is 0 Å². The van der Waals surface area contributed by atoms with E-state index in [1.54, 1.807) is 41.0 Å². The van der Waals surface area contributed by atoms with Crippen LogP contribution in [0.3, 0.4) is 0 Å². The summed E-state index contributed by atoms with van der Waals surface area (Å²) in [6, 6.07) is 22.7. The van der Waals surface area contributed by atoms with E-state index in [2.05, 4.69) is 36.1 Å². The molecule has 0 unspecified atom stereocenters. The maximum atomic E-state index is 12.7. The lowest BCUT2D eigenvalue weighted by Crippen LogP contribution is -2.23. The molecule has 3 aromatic carbocycles. The topological polar surface area (TPSA) is 118 Å². The molecular formula is C27H24BrN5O4S. The second-order valence-electron chi connectivity index (χ2n) is 8.45. The molecule has 3 N–H and O–H groups in total.